The average Bonchev–Trinajstić information content (AvgIpc) is 2.45. The number of aliphatic carboxylic acids is 1. The highest BCUT2D eigenvalue weighted by Gasteiger charge is 2.27. The van der Waals surface area contributed by atoms with Gasteiger partial charge in [-0.3, -0.25) is 9.78 Å². The summed E-state index contributed by atoms with van der Waals surface area (Å²) in [6.07, 6.45) is 6.82. The van der Waals surface area contributed by atoms with Crippen LogP contribution in [0.3, 0.4) is 0 Å². The van der Waals surface area contributed by atoms with E-state index in [2.05, 4.69) is 10.3 Å². The second kappa shape index (κ2) is 7.06. The van der Waals surface area contributed by atoms with Crippen molar-refractivity contribution in [3.63, 3.8) is 0 Å². The number of aromatic nitrogens is 1. The van der Waals surface area contributed by atoms with E-state index in [-0.39, 0.29) is 18.5 Å². The van der Waals surface area contributed by atoms with Gasteiger partial charge < -0.3 is 15.3 Å². The molecule has 1 aromatic heterocycles. The van der Waals surface area contributed by atoms with Crippen LogP contribution in [0.1, 0.15) is 37.7 Å². The second-order valence-electron chi connectivity index (χ2n) is 5.46. The van der Waals surface area contributed by atoms with Gasteiger partial charge in [0.05, 0.1) is 11.9 Å². The van der Waals surface area contributed by atoms with E-state index in [0.717, 1.165) is 24.8 Å². The highest BCUT2D eigenvalue weighted by molar-refractivity contribution is 5.89. The molecule has 1 aliphatic heterocycles. The zero-order valence-corrected chi connectivity index (χ0v) is 12.2. The molecule has 6 nitrogen and oxygen atoms in total. The van der Waals surface area contributed by atoms with E-state index >= 15 is 0 Å². The lowest BCUT2D eigenvalue weighted by molar-refractivity contribution is -0.137. The van der Waals surface area contributed by atoms with Crippen molar-refractivity contribution in [2.75, 3.05) is 11.9 Å². The zero-order chi connectivity index (χ0) is 15.2. The topological polar surface area (TPSA) is 82.5 Å². The summed E-state index contributed by atoms with van der Waals surface area (Å²) in [7, 11) is 0. The minimum Gasteiger partial charge on any atom is -0.481 e. The van der Waals surface area contributed by atoms with E-state index in [1.165, 1.54) is 0 Å². The summed E-state index contributed by atoms with van der Waals surface area (Å²) in [5, 5.41) is 11.7. The molecule has 2 heterocycles. The minimum absolute atomic E-state index is 0.00705. The van der Waals surface area contributed by atoms with Gasteiger partial charge in [0, 0.05) is 25.2 Å². The predicted molar refractivity (Wildman–Crippen MR) is 79.2 cm³/mol. The van der Waals surface area contributed by atoms with Gasteiger partial charge in [0.1, 0.15) is 0 Å². The van der Waals surface area contributed by atoms with Crippen LogP contribution >= 0.6 is 0 Å². The van der Waals surface area contributed by atoms with Crippen LogP contribution in [0.15, 0.2) is 18.5 Å². The van der Waals surface area contributed by atoms with Crippen molar-refractivity contribution >= 4 is 17.7 Å². The average molecular weight is 291 g/mol. The Balaban J connectivity index is 1.99. The molecule has 114 valence electrons. The maximum absolute atomic E-state index is 12.4. The molecular formula is C15H21N3O3. The van der Waals surface area contributed by atoms with Gasteiger partial charge in [0.15, 0.2) is 0 Å². The van der Waals surface area contributed by atoms with Crippen LogP contribution in [-0.4, -0.2) is 39.6 Å². The number of rotatable bonds is 4. The minimum atomic E-state index is -0.816. The Labute approximate surface area is 124 Å². The highest BCUT2D eigenvalue weighted by Crippen LogP contribution is 2.22. The summed E-state index contributed by atoms with van der Waals surface area (Å²) < 4.78 is 0. The molecule has 0 aromatic carbocycles. The van der Waals surface area contributed by atoms with Crippen LogP contribution in [0.4, 0.5) is 10.5 Å². The molecule has 1 saturated heterocycles. The molecule has 1 fully saturated rings. The number of hydrogen-bond acceptors (Lipinski definition) is 3. The van der Waals surface area contributed by atoms with E-state index in [1.54, 1.807) is 17.3 Å². The molecule has 6 heteroatoms. The van der Waals surface area contributed by atoms with Crippen molar-refractivity contribution in [2.45, 2.75) is 45.1 Å². The van der Waals surface area contributed by atoms with E-state index in [1.807, 2.05) is 13.0 Å². The maximum atomic E-state index is 12.4. The molecule has 0 saturated carbocycles. The lowest BCUT2D eigenvalue weighted by Gasteiger charge is -2.35. The number of urea groups is 1. The standard InChI is InChI=1S/C15H21N3O3/c1-11-8-12(10-16-9-11)17-15(21)18-7-3-2-4-13(18)5-6-14(19)20/h8-10,13H,2-7H2,1H3,(H,17,21)(H,19,20). The van der Waals surface area contributed by atoms with Crippen molar-refractivity contribution in [1.29, 1.82) is 0 Å². The molecule has 1 atom stereocenters. The summed E-state index contributed by atoms with van der Waals surface area (Å²) in [6.45, 7) is 2.59. The lowest BCUT2D eigenvalue weighted by Crippen LogP contribution is -2.46. The fraction of sp³-hybridized carbons (Fsp3) is 0.533. The number of carbonyl (C=O) groups is 2. The molecule has 2 rings (SSSR count). The number of carbonyl (C=O) groups excluding carboxylic acids is 1. The number of likely N-dealkylation sites (tertiary alicyclic amines) is 1. The first-order valence-electron chi connectivity index (χ1n) is 7.27. The van der Waals surface area contributed by atoms with Crippen molar-refractivity contribution < 1.29 is 14.7 Å². The first kappa shape index (κ1) is 15.3. The normalized spacial score (nSPS) is 18.3. The number of pyridine rings is 1. The van der Waals surface area contributed by atoms with Crippen LogP contribution in [-0.2, 0) is 4.79 Å². The number of carboxylic acid groups (broad SMARTS) is 1. The quantitative estimate of drug-likeness (QED) is 0.893. The third-order valence-corrected chi connectivity index (χ3v) is 3.71. The maximum Gasteiger partial charge on any atom is 0.322 e. The van der Waals surface area contributed by atoms with Gasteiger partial charge in [0.2, 0.25) is 0 Å². The molecule has 0 bridgehead atoms. The van der Waals surface area contributed by atoms with Crippen LogP contribution in [0.2, 0.25) is 0 Å². The molecule has 0 spiro atoms. The van der Waals surface area contributed by atoms with E-state index in [9.17, 15) is 9.59 Å². The number of amides is 2. The lowest BCUT2D eigenvalue weighted by atomic mass is 9.98. The summed E-state index contributed by atoms with van der Waals surface area (Å²) >= 11 is 0. The summed E-state index contributed by atoms with van der Waals surface area (Å²) in [4.78, 5) is 28.9. The molecule has 2 amide bonds. The highest BCUT2D eigenvalue weighted by atomic mass is 16.4. The van der Waals surface area contributed by atoms with Gasteiger partial charge >= 0.3 is 12.0 Å². The fourth-order valence-electron chi connectivity index (χ4n) is 2.68. The van der Waals surface area contributed by atoms with Crippen LogP contribution < -0.4 is 5.32 Å². The summed E-state index contributed by atoms with van der Waals surface area (Å²) in [6, 6.07) is 1.70. The van der Waals surface area contributed by atoms with Gasteiger partial charge in [-0.05, 0) is 44.2 Å². The zero-order valence-electron chi connectivity index (χ0n) is 12.2. The number of nitrogens with zero attached hydrogens (tertiary/aromatic N) is 2. The van der Waals surface area contributed by atoms with Gasteiger partial charge in [-0.2, -0.15) is 0 Å². The van der Waals surface area contributed by atoms with Crippen LogP contribution in [0.5, 0.6) is 0 Å². The number of anilines is 1. The molecule has 0 radical (unpaired) electrons. The van der Waals surface area contributed by atoms with Crippen molar-refractivity contribution in [3.8, 4) is 0 Å². The number of carboxylic acids is 1. The third kappa shape index (κ3) is 4.44. The van der Waals surface area contributed by atoms with Crippen molar-refractivity contribution in [2.24, 2.45) is 0 Å². The summed E-state index contributed by atoms with van der Waals surface area (Å²) in [5.41, 5.74) is 1.65. The predicted octanol–water partition coefficient (Wildman–Crippen LogP) is 2.64. The molecule has 2 N–H and O–H groups in total. The molecular weight excluding hydrogens is 270 g/mol. The number of piperidine rings is 1. The summed E-state index contributed by atoms with van der Waals surface area (Å²) in [5.74, 6) is -0.816. The SMILES string of the molecule is Cc1cncc(NC(=O)N2CCCCC2CCC(=O)O)c1. The van der Waals surface area contributed by atoms with E-state index in [4.69, 9.17) is 5.11 Å². The third-order valence-electron chi connectivity index (χ3n) is 3.71. The smallest absolute Gasteiger partial charge is 0.322 e. The first-order chi connectivity index (χ1) is 10.1. The molecule has 0 aliphatic carbocycles. The van der Waals surface area contributed by atoms with E-state index < -0.39 is 5.97 Å². The van der Waals surface area contributed by atoms with Gasteiger partial charge in [-0.1, -0.05) is 0 Å². The Bertz CT molecular complexity index is 519. The second-order valence-corrected chi connectivity index (χ2v) is 5.46. The molecule has 1 aromatic rings. The monoisotopic (exact) mass is 291 g/mol. The van der Waals surface area contributed by atoms with Crippen molar-refractivity contribution in [1.82, 2.24) is 9.88 Å². The van der Waals surface area contributed by atoms with Gasteiger partial charge in [-0.25, -0.2) is 4.79 Å². The first-order valence-corrected chi connectivity index (χ1v) is 7.27. The Kier molecular flexibility index (Phi) is 5.14. The van der Waals surface area contributed by atoms with Crippen molar-refractivity contribution in [3.05, 3.63) is 24.0 Å². The van der Waals surface area contributed by atoms with Crippen LogP contribution in [0, 0.1) is 6.92 Å². The number of nitrogens with one attached hydrogen (secondary N) is 1. The van der Waals surface area contributed by atoms with E-state index in [0.29, 0.717) is 18.7 Å². The molecule has 21 heavy (non-hydrogen) atoms. The number of aryl methyl sites for hydroxylation is 1. The Hall–Kier alpha value is -2.11. The fourth-order valence-corrected chi connectivity index (χ4v) is 2.68. The Morgan fingerprint density at radius 1 is 1.43 bits per heavy atom. The van der Waals surface area contributed by atoms with Gasteiger partial charge in [-0.15, -0.1) is 0 Å². The largest absolute Gasteiger partial charge is 0.481 e. The van der Waals surface area contributed by atoms with Gasteiger partial charge in [0.25, 0.3) is 0 Å². The number of hydrogen-bond donors (Lipinski definition) is 2. The Morgan fingerprint density at radius 3 is 2.95 bits per heavy atom. The molecule has 1 aliphatic rings. The Morgan fingerprint density at radius 2 is 2.24 bits per heavy atom. The molecule has 1 unspecified atom stereocenters. The van der Waals surface area contributed by atoms with Crippen LogP contribution in [0.25, 0.3) is 0 Å².